The predicted molar refractivity (Wildman–Crippen MR) is 79.5 cm³/mol. The normalized spacial score (nSPS) is 18.7. The molecular formula is C16H22N2O3. The molecule has 0 saturated heterocycles. The summed E-state index contributed by atoms with van der Waals surface area (Å²) in [5.74, 6) is 1.66. The molecule has 1 amide bonds. The van der Waals surface area contributed by atoms with Crippen LogP contribution in [-0.2, 0) is 11.3 Å². The lowest BCUT2D eigenvalue weighted by Gasteiger charge is -2.16. The molecule has 1 unspecified atom stereocenters. The van der Waals surface area contributed by atoms with Crippen LogP contribution in [0.25, 0.3) is 0 Å². The standard InChI is InChI=1S/C16H22N2O3/c1-11(16(19)18-13-6-7-13)17-10-12-4-2-5-14-15(12)21-9-3-8-20-14/h2,4-5,11,13,17H,3,6-10H2,1H3,(H,18,19). The highest BCUT2D eigenvalue weighted by Gasteiger charge is 2.25. The van der Waals surface area contributed by atoms with E-state index in [4.69, 9.17) is 9.47 Å². The molecule has 1 aliphatic heterocycles. The smallest absolute Gasteiger partial charge is 0.237 e. The summed E-state index contributed by atoms with van der Waals surface area (Å²) >= 11 is 0. The molecule has 2 N–H and O–H groups in total. The molecule has 1 atom stereocenters. The quantitative estimate of drug-likeness (QED) is 0.865. The van der Waals surface area contributed by atoms with Crippen LogP contribution in [0.5, 0.6) is 11.5 Å². The third kappa shape index (κ3) is 3.67. The highest BCUT2D eigenvalue weighted by atomic mass is 16.5. The molecule has 1 aromatic carbocycles. The molecule has 0 spiro atoms. The van der Waals surface area contributed by atoms with E-state index in [0.29, 0.717) is 25.8 Å². The van der Waals surface area contributed by atoms with Crippen LogP contribution in [0.15, 0.2) is 18.2 Å². The molecule has 3 rings (SSSR count). The maximum Gasteiger partial charge on any atom is 0.237 e. The van der Waals surface area contributed by atoms with Crippen LogP contribution in [0.2, 0.25) is 0 Å². The average molecular weight is 290 g/mol. The molecular weight excluding hydrogens is 268 g/mol. The summed E-state index contributed by atoms with van der Waals surface area (Å²) in [6, 6.07) is 6.07. The number of fused-ring (bicyclic) bond motifs is 1. The molecule has 21 heavy (non-hydrogen) atoms. The molecule has 0 bridgehead atoms. The van der Waals surface area contributed by atoms with Gasteiger partial charge in [-0.1, -0.05) is 12.1 Å². The van der Waals surface area contributed by atoms with Crippen LogP contribution in [-0.4, -0.2) is 31.2 Å². The first kappa shape index (κ1) is 14.2. The Kier molecular flexibility index (Phi) is 4.29. The average Bonchev–Trinajstić information content (AvgIpc) is 3.30. The second-order valence-electron chi connectivity index (χ2n) is 5.68. The highest BCUT2D eigenvalue weighted by Crippen LogP contribution is 2.33. The fourth-order valence-electron chi connectivity index (χ4n) is 2.30. The zero-order chi connectivity index (χ0) is 14.7. The molecule has 1 saturated carbocycles. The first-order valence-corrected chi connectivity index (χ1v) is 7.65. The van der Waals surface area contributed by atoms with E-state index in [1.54, 1.807) is 0 Å². The first-order valence-electron chi connectivity index (χ1n) is 7.65. The lowest BCUT2D eigenvalue weighted by molar-refractivity contribution is -0.122. The molecule has 114 valence electrons. The Bertz CT molecular complexity index is 514. The second-order valence-corrected chi connectivity index (χ2v) is 5.68. The van der Waals surface area contributed by atoms with Gasteiger partial charge in [0, 0.05) is 24.6 Å². The Labute approximate surface area is 125 Å². The summed E-state index contributed by atoms with van der Waals surface area (Å²) in [6.07, 6.45) is 3.10. The predicted octanol–water partition coefficient (Wildman–Crippen LogP) is 1.60. The van der Waals surface area contributed by atoms with Gasteiger partial charge in [0.1, 0.15) is 0 Å². The maximum atomic E-state index is 11.9. The summed E-state index contributed by atoms with van der Waals surface area (Å²) in [7, 11) is 0. The molecule has 1 fully saturated rings. The van der Waals surface area contributed by atoms with E-state index in [-0.39, 0.29) is 11.9 Å². The number of carbonyl (C=O) groups excluding carboxylic acids is 1. The monoisotopic (exact) mass is 290 g/mol. The Morgan fingerprint density at radius 2 is 2.14 bits per heavy atom. The fourth-order valence-corrected chi connectivity index (χ4v) is 2.30. The van der Waals surface area contributed by atoms with E-state index in [1.807, 2.05) is 25.1 Å². The number of amides is 1. The van der Waals surface area contributed by atoms with Gasteiger partial charge in [-0.3, -0.25) is 4.79 Å². The van der Waals surface area contributed by atoms with Crippen LogP contribution < -0.4 is 20.1 Å². The van der Waals surface area contributed by atoms with Crippen LogP contribution in [0.3, 0.4) is 0 Å². The Hall–Kier alpha value is -1.75. The van der Waals surface area contributed by atoms with Gasteiger partial charge in [0.05, 0.1) is 19.3 Å². The minimum Gasteiger partial charge on any atom is -0.490 e. The Morgan fingerprint density at radius 3 is 2.95 bits per heavy atom. The number of carbonyl (C=O) groups is 1. The van der Waals surface area contributed by atoms with Crippen molar-refractivity contribution in [2.75, 3.05) is 13.2 Å². The number of hydrogen-bond acceptors (Lipinski definition) is 4. The molecule has 5 nitrogen and oxygen atoms in total. The van der Waals surface area contributed by atoms with Crippen molar-refractivity contribution in [1.82, 2.24) is 10.6 Å². The van der Waals surface area contributed by atoms with Gasteiger partial charge in [-0.05, 0) is 25.8 Å². The zero-order valence-corrected chi connectivity index (χ0v) is 12.4. The van der Waals surface area contributed by atoms with Crippen molar-refractivity contribution in [2.45, 2.75) is 44.8 Å². The highest BCUT2D eigenvalue weighted by molar-refractivity contribution is 5.81. The van der Waals surface area contributed by atoms with Gasteiger partial charge in [0.25, 0.3) is 0 Å². The summed E-state index contributed by atoms with van der Waals surface area (Å²) in [5, 5.41) is 6.26. The molecule has 2 aliphatic rings. The number of hydrogen-bond donors (Lipinski definition) is 2. The van der Waals surface area contributed by atoms with Gasteiger partial charge in [-0.15, -0.1) is 0 Å². The van der Waals surface area contributed by atoms with E-state index in [9.17, 15) is 4.79 Å². The largest absolute Gasteiger partial charge is 0.490 e. The van der Waals surface area contributed by atoms with Gasteiger partial charge >= 0.3 is 0 Å². The summed E-state index contributed by atoms with van der Waals surface area (Å²) in [6.45, 7) is 3.83. The van der Waals surface area contributed by atoms with Gasteiger partial charge in [-0.25, -0.2) is 0 Å². The number of ether oxygens (including phenoxy) is 2. The van der Waals surface area contributed by atoms with Gasteiger partial charge in [0.15, 0.2) is 11.5 Å². The SMILES string of the molecule is CC(NCc1cccc2c1OCCCO2)C(=O)NC1CC1. The lowest BCUT2D eigenvalue weighted by atomic mass is 10.1. The minimum absolute atomic E-state index is 0.0664. The van der Waals surface area contributed by atoms with Crippen LogP contribution in [0.4, 0.5) is 0 Å². The first-order chi connectivity index (χ1) is 10.2. The number of rotatable bonds is 5. The van der Waals surface area contributed by atoms with Crippen molar-refractivity contribution >= 4 is 5.91 Å². The molecule has 0 radical (unpaired) electrons. The van der Waals surface area contributed by atoms with Crippen molar-refractivity contribution in [3.63, 3.8) is 0 Å². The zero-order valence-electron chi connectivity index (χ0n) is 12.4. The van der Waals surface area contributed by atoms with E-state index in [0.717, 1.165) is 36.3 Å². The molecule has 1 aliphatic carbocycles. The van der Waals surface area contributed by atoms with Crippen molar-refractivity contribution in [1.29, 1.82) is 0 Å². The van der Waals surface area contributed by atoms with Crippen LogP contribution in [0, 0.1) is 0 Å². The maximum absolute atomic E-state index is 11.9. The van der Waals surface area contributed by atoms with Crippen molar-refractivity contribution < 1.29 is 14.3 Å². The lowest BCUT2D eigenvalue weighted by Crippen LogP contribution is -2.42. The van der Waals surface area contributed by atoms with Crippen molar-refractivity contribution in [3.8, 4) is 11.5 Å². The fraction of sp³-hybridized carbons (Fsp3) is 0.562. The molecule has 0 aromatic heterocycles. The summed E-state index contributed by atoms with van der Waals surface area (Å²) < 4.78 is 11.5. The third-order valence-corrected chi connectivity index (χ3v) is 3.77. The third-order valence-electron chi connectivity index (χ3n) is 3.77. The van der Waals surface area contributed by atoms with Crippen LogP contribution in [0.1, 0.15) is 31.7 Å². The summed E-state index contributed by atoms with van der Waals surface area (Å²) in [4.78, 5) is 11.9. The van der Waals surface area contributed by atoms with Crippen molar-refractivity contribution in [2.24, 2.45) is 0 Å². The van der Waals surface area contributed by atoms with Gasteiger partial charge < -0.3 is 20.1 Å². The minimum atomic E-state index is -0.215. The van der Waals surface area contributed by atoms with E-state index in [1.165, 1.54) is 0 Å². The Morgan fingerprint density at radius 1 is 1.33 bits per heavy atom. The summed E-state index contributed by atoms with van der Waals surface area (Å²) in [5.41, 5.74) is 1.03. The number of nitrogens with one attached hydrogen (secondary N) is 2. The topological polar surface area (TPSA) is 59.6 Å². The molecule has 1 heterocycles. The number of para-hydroxylation sites is 1. The second kappa shape index (κ2) is 6.35. The number of benzene rings is 1. The van der Waals surface area contributed by atoms with E-state index < -0.39 is 0 Å². The van der Waals surface area contributed by atoms with Gasteiger partial charge in [-0.2, -0.15) is 0 Å². The van der Waals surface area contributed by atoms with E-state index >= 15 is 0 Å². The van der Waals surface area contributed by atoms with Crippen LogP contribution >= 0.6 is 0 Å². The van der Waals surface area contributed by atoms with Gasteiger partial charge in [0.2, 0.25) is 5.91 Å². The van der Waals surface area contributed by atoms with Crippen molar-refractivity contribution in [3.05, 3.63) is 23.8 Å². The molecule has 5 heteroatoms. The Balaban J connectivity index is 1.60. The molecule has 1 aromatic rings. The van der Waals surface area contributed by atoms with E-state index in [2.05, 4.69) is 10.6 Å².